The van der Waals surface area contributed by atoms with Gasteiger partial charge in [-0.25, -0.2) is 9.07 Å². The molecular weight excluding hydrogens is 419 g/mol. The second-order valence-corrected chi connectivity index (χ2v) is 8.18. The minimum atomic E-state index is -0.338. The van der Waals surface area contributed by atoms with Crippen molar-refractivity contribution in [1.29, 1.82) is 0 Å². The van der Waals surface area contributed by atoms with E-state index < -0.39 is 0 Å². The third kappa shape index (κ3) is 4.09. The molecule has 0 saturated heterocycles. The molecule has 0 fully saturated rings. The zero-order chi connectivity index (χ0) is 22.9. The van der Waals surface area contributed by atoms with Crippen LogP contribution in [-0.4, -0.2) is 33.3 Å². The molecule has 6 nitrogen and oxygen atoms in total. The first kappa shape index (κ1) is 20.9. The van der Waals surface area contributed by atoms with Gasteiger partial charge in [0.25, 0.3) is 5.91 Å². The second-order valence-electron chi connectivity index (χ2n) is 8.18. The summed E-state index contributed by atoms with van der Waals surface area (Å²) in [4.78, 5) is 16.7. The summed E-state index contributed by atoms with van der Waals surface area (Å²) in [6.45, 7) is 4.21. The van der Waals surface area contributed by atoms with Crippen LogP contribution in [-0.2, 0) is 6.42 Å². The van der Waals surface area contributed by atoms with E-state index >= 15 is 0 Å². The van der Waals surface area contributed by atoms with Crippen LogP contribution in [0.5, 0.6) is 5.75 Å². The van der Waals surface area contributed by atoms with Gasteiger partial charge in [-0.15, -0.1) is 0 Å². The van der Waals surface area contributed by atoms with Crippen molar-refractivity contribution in [2.75, 3.05) is 6.54 Å². The van der Waals surface area contributed by atoms with Crippen LogP contribution >= 0.6 is 0 Å². The lowest BCUT2D eigenvalue weighted by Gasteiger charge is -2.14. The molecule has 2 aromatic carbocycles. The Morgan fingerprint density at radius 3 is 2.58 bits per heavy atom. The van der Waals surface area contributed by atoms with E-state index in [1.54, 1.807) is 30.6 Å². The third-order valence-electron chi connectivity index (χ3n) is 5.78. The Bertz CT molecular complexity index is 1320. The van der Waals surface area contributed by atoms with Crippen LogP contribution in [0.4, 0.5) is 4.39 Å². The van der Waals surface area contributed by atoms with Gasteiger partial charge in [0.2, 0.25) is 0 Å². The van der Waals surface area contributed by atoms with E-state index in [2.05, 4.69) is 15.4 Å². The number of nitrogens with zero attached hydrogens (tertiary/aromatic N) is 3. The van der Waals surface area contributed by atoms with Crippen molar-refractivity contribution >= 4 is 5.91 Å². The first-order valence-electron chi connectivity index (χ1n) is 10.8. The second kappa shape index (κ2) is 8.50. The van der Waals surface area contributed by atoms with E-state index in [9.17, 15) is 9.18 Å². The molecule has 0 bridgehead atoms. The van der Waals surface area contributed by atoms with E-state index in [-0.39, 0.29) is 24.4 Å². The number of nitrogens with one attached hydrogen (secondary N) is 1. The van der Waals surface area contributed by atoms with Gasteiger partial charge in [0.05, 0.1) is 17.9 Å². The highest BCUT2D eigenvalue weighted by Crippen LogP contribution is 2.40. The average Bonchev–Trinajstić information content (AvgIpc) is 3.41. The summed E-state index contributed by atoms with van der Waals surface area (Å²) in [5.41, 5.74) is 5.68. The number of rotatable bonds is 5. The van der Waals surface area contributed by atoms with Crippen molar-refractivity contribution in [3.8, 4) is 22.6 Å². The maximum absolute atomic E-state index is 14.4. The van der Waals surface area contributed by atoms with Crippen LogP contribution in [0.2, 0.25) is 0 Å². The Balaban J connectivity index is 1.26. The van der Waals surface area contributed by atoms with Gasteiger partial charge in [0.15, 0.2) is 0 Å². The maximum atomic E-state index is 14.4. The molecule has 1 N–H and O–H groups in total. The van der Waals surface area contributed by atoms with Crippen molar-refractivity contribution in [3.63, 3.8) is 0 Å². The number of pyridine rings is 1. The Morgan fingerprint density at radius 1 is 1.12 bits per heavy atom. The smallest absolute Gasteiger partial charge is 0.251 e. The number of aromatic nitrogens is 3. The standard InChI is InChI=1S/C26H23FN4O2/c1-16-13-17(2)31(30-16)20-5-3-19(4-6-20)26(32)29-15-21-14-23-24(27)8-7-22(25(23)33-21)18-9-11-28-12-10-18/h3-13,21H,14-15H2,1-2H3,(H,29,32). The van der Waals surface area contributed by atoms with Crippen molar-refractivity contribution < 1.29 is 13.9 Å². The van der Waals surface area contributed by atoms with Crippen molar-refractivity contribution in [2.24, 2.45) is 0 Å². The number of halogens is 1. The monoisotopic (exact) mass is 442 g/mol. The van der Waals surface area contributed by atoms with Gasteiger partial charge in [0.1, 0.15) is 17.7 Å². The molecule has 1 aliphatic rings. The number of hydrogen-bond donors (Lipinski definition) is 1. The van der Waals surface area contributed by atoms with E-state index in [0.717, 1.165) is 28.2 Å². The highest BCUT2D eigenvalue weighted by Gasteiger charge is 2.29. The minimum absolute atomic E-state index is 0.204. The van der Waals surface area contributed by atoms with Gasteiger partial charge < -0.3 is 10.1 Å². The molecule has 0 radical (unpaired) electrons. The van der Waals surface area contributed by atoms with E-state index in [1.165, 1.54) is 6.07 Å². The fraction of sp³-hybridized carbons (Fsp3) is 0.192. The van der Waals surface area contributed by atoms with Crippen LogP contribution in [0.3, 0.4) is 0 Å². The molecule has 0 spiro atoms. The number of carbonyl (C=O) groups is 1. The normalized spacial score (nSPS) is 14.6. The number of ether oxygens (including phenoxy) is 1. The molecule has 0 saturated carbocycles. The number of amides is 1. The summed E-state index contributed by atoms with van der Waals surface area (Å²) in [6, 6.07) is 16.2. The van der Waals surface area contributed by atoms with Crippen molar-refractivity contribution in [2.45, 2.75) is 26.4 Å². The van der Waals surface area contributed by atoms with Crippen molar-refractivity contribution in [1.82, 2.24) is 20.1 Å². The molecular formula is C26H23FN4O2. The predicted octanol–water partition coefficient (Wildman–Crippen LogP) is 4.42. The van der Waals surface area contributed by atoms with E-state index in [4.69, 9.17) is 4.74 Å². The quantitative estimate of drug-likeness (QED) is 0.497. The molecule has 1 amide bonds. The summed E-state index contributed by atoms with van der Waals surface area (Å²) in [7, 11) is 0. The predicted molar refractivity (Wildman–Crippen MR) is 123 cm³/mol. The molecule has 7 heteroatoms. The lowest BCUT2D eigenvalue weighted by molar-refractivity contribution is 0.0933. The van der Waals surface area contributed by atoms with Gasteiger partial charge >= 0.3 is 0 Å². The van der Waals surface area contributed by atoms with Crippen LogP contribution < -0.4 is 10.1 Å². The first-order chi connectivity index (χ1) is 16.0. The Labute approximate surface area is 191 Å². The number of carbonyl (C=O) groups excluding carboxylic acids is 1. The molecule has 5 rings (SSSR count). The minimum Gasteiger partial charge on any atom is -0.487 e. The molecule has 1 aliphatic heterocycles. The summed E-state index contributed by atoms with van der Waals surface area (Å²) in [5.74, 6) is 0.0374. The molecule has 0 aliphatic carbocycles. The number of benzene rings is 2. The van der Waals surface area contributed by atoms with Crippen LogP contribution in [0.1, 0.15) is 27.3 Å². The Hall–Kier alpha value is -4.00. The van der Waals surface area contributed by atoms with Gasteiger partial charge in [-0.3, -0.25) is 9.78 Å². The third-order valence-corrected chi connectivity index (χ3v) is 5.78. The molecule has 1 unspecified atom stereocenters. The van der Waals surface area contributed by atoms with Gasteiger partial charge in [0, 0.05) is 41.2 Å². The average molecular weight is 442 g/mol. The number of aryl methyl sites for hydroxylation is 2. The zero-order valence-corrected chi connectivity index (χ0v) is 18.4. The van der Waals surface area contributed by atoms with Gasteiger partial charge in [-0.2, -0.15) is 5.10 Å². The van der Waals surface area contributed by atoms with E-state index in [0.29, 0.717) is 23.3 Å². The Morgan fingerprint density at radius 2 is 1.88 bits per heavy atom. The SMILES string of the molecule is Cc1cc(C)n(-c2ccc(C(=O)NCC3Cc4c(F)ccc(-c5ccncc5)c4O3)cc2)n1. The highest BCUT2D eigenvalue weighted by molar-refractivity contribution is 5.94. The largest absolute Gasteiger partial charge is 0.487 e. The Kier molecular flexibility index (Phi) is 5.38. The van der Waals surface area contributed by atoms with Crippen molar-refractivity contribution in [3.05, 3.63) is 95.3 Å². The fourth-order valence-electron chi connectivity index (χ4n) is 4.19. The van der Waals surface area contributed by atoms with Crippen LogP contribution in [0.25, 0.3) is 16.8 Å². The lowest BCUT2D eigenvalue weighted by Crippen LogP contribution is -2.34. The van der Waals surface area contributed by atoms with E-state index in [1.807, 2.05) is 48.9 Å². The molecule has 1 atom stereocenters. The fourth-order valence-corrected chi connectivity index (χ4v) is 4.19. The first-order valence-corrected chi connectivity index (χ1v) is 10.8. The summed E-state index contributed by atoms with van der Waals surface area (Å²) < 4.78 is 22.4. The maximum Gasteiger partial charge on any atom is 0.251 e. The summed E-state index contributed by atoms with van der Waals surface area (Å²) >= 11 is 0. The van der Waals surface area contributed by atoms with Crippen LogP contribution in [0.15, 0.2) is 67.0 Å². The summed E-state index contributed by atoms with van der Waals surface area (Å²) in [6.07, 6.45) is 3.45. The number of hydrogen-bond acceptors (Lipinski definition) is 4. The highest BCUT2D eigenvalue weighted by atomic mass is 19.1. The lowest BCUT2D eigenvalue weighted by atomic mass is 10.0. The number of fused-ring (bicyclic) bond motifs is 1. The summed E-state index contributed by atoms with van der Waals surface area (Å²) in [5, 5.41) is 7.38. The van der Waals surface area contributed by atoms with Gasteiger partial charge in [-0.05, 0) is 74.0 Å². The molecule has 2 aromatic heterocycles. The topological polar surface area (TPSA) is 69.0 Å². The van der Waals surface area contributed by atoms with Crippen LogP contribution in [0, 0.1) is 19.7 Å². The van der Waals surface area contributed by atoms with Gasteiger partial charge in [-0.1, -0.05) is 0 Å². The molecule has 4 aromatic rings. The molecule has 33 heavy (non-hydrogen) atoms. The molecule has 3 heterocycles. The zero-order valence-electron chi connectivity index (χ0n) is 18.4. The molecule has 166 valence electrons.